The van der Waals surface area contributed by atoms with Crippen molar-refractivity contribution in [2.75, 3.05) is 20.2 Å². The van der Waals surface area contributed by atoms with Gasteiger partial charge in [-0.2, -0.15) is 0 Å². The molecule has 2 fully saturated rings. The number of ether oxygens (including phenoxy) is 1. The molecule has 1 aromatic rings. The molecule has 2 unspecified atom stereocenters. The summed E-state index contributed by atoms with van der Waals surface area (Å²) < 4.78 is 17.2. The number of carboxylic acid groups (broad SMARTS) is 1. The minimum Gasteiger partial charge on any atom is -0.467 e. The molecule has 3 aliphatic heterocycles. The van der Waals surface area contributed by atoms with Crippen LogP contribution in [0, 0.1) is 5.92 Å². The summed E-state index contributed by atoms with van der Waals surface area (Å²) in [7, 11) is 0.766. The van der Waals surface area contributed by atoms with E-state index in [1.165, 1.54) is 7.11 Å². The van der Waals surface area contributed by atoms with Crippen LogP contribution in [0.4, 0.5) is 4.79 Å². The normalized spacial score (nSPS) is 26.5. The zero-order chi connectivity index (χ0) is 26.5. The Bertz CT molecular complexity index is 1040. The highest BCUT2D eigenvalue weighted by molar-refractivity contribution is 6.45. The van der Waals surface area contributed by atoms with Crippen molar-refractivity contribution in [2.45, 2.75) is 70.0 Å². The lowest BCUT2D eigenvalue weighted by Gasteiger charge is -2.40. The zero-order valence-corrected chi connectivity index (χ0v) is 21.4. The Morgan fingerprint density at radius 1 is 1.08 bits per heavy atom. The lowest BCUT2D eigenvalue weighted by Crippen LogP contribution is -2.63. The van der Waals surface area contributed by atoms with Gasteiger partial charge in [0.15, 0.2) is 5.54 Å². The summed E-state index contributed by atoms with van der Waals surface area (Å²) in [4.78, 5) is 53.7. The van der Waals surface area contributed by atoms with Crippen molar-refractivity contribution in [3.8, 4) is 0 Å². The second-order valence-corrected chi connectivity index (χ2v) is 10.7. The Labute approximate surface area is 211 Å². The molecular formula is C25H33BN2O8. The largest absolute Gasteiger partial charge is 0.467 e. The molecule has 10 nitrogen and oxygen atoms in total. The maximum absolute atomic E-state index is 13.3. The monoisotopic (exact) mass is 500 g/mol. The van der Waals surface area contributed by atoms with Gasteiger partial charge in [0.05, 0.1) is 36.0 Å². The van der Waals surface area contributed by atoms with Gasteiger partial charge in [0.2, 0.25) is 0 Å². The predicted molar refractivity (Wildman–Crippen MR) is 130 cm³/mol. The van der Waals surface area contributed by atoms with Crippen LogP contribution in [-0.4, -0.2) is 82.8 Å². The van der Waals surface area contributed by atoms with Gasteiger partial charge in [-0.25, -0.2) is 9.59 Å². The minimum atomic E-state index is -1.70. The molecule has 1 aromatic carbocycles. The molecule has 11 heteroatoms. The van der Waals surface area contributed by atoms with Crippen LogP contribution in [0.5, 0.6) is 0 Å². The van der Waals surface area contributed by atoms with E-state index in [0.717, 1.165) is 9.80 Å². The molecule has 4 rings (SSSR count). The summed E-state index contributed by atoms with van der Waals surface area (Å²) in [5.41, 5.74) is -2.16. The summed E-state index contributed by atoms with van der Waals surface area (Å²) in [6, 6.07) is 6.40. The van der Waals surface area contributed by atoms with Crippen LogP contribution in [0.3, 0.4) is 0 Å². The van der Waals surface area contributed by atoms with E-state index in [4.69, 9.17) is 14.0 Å². The van der Waals surface area contributed by atoms with Crippen LogP contribution < -0.4 is 0 Å². The lowest BCUT2D eigenvalue weighted by atomic mass is 9.76. The van der Waals surface area contributed by atoms with Gasteiger partial charge in [-0.05, 0) is 64.9 Å². The van der Waals surface area contributed by atoms with Crippen molar-refractivity contribution >= 4 is 31.0 Å². The fourth-order valence-corrected chi connectivity index (χ4v) is 5.56. The number of carbonyl (C=O) groups is 4. The molecule has 3 heterocycles. The predicted octanol–water partition coefficient (Wildman–Crippen LogP) is 3.07. The SMILES string of the molecule is COC(=O)C1(CN2C(=O)c3ccccc3C2=O)C(CCCB2OC(C)(C)C(C)(C)O2)CCN1C(=O)O. The molecule has 0 spiro atoms. The van der Waals surface area contributed by atoms with E-state index < -0.39 is 60.2 Å². The van der Waals surface area contributed by atoms with Gasteiger partial charge in [0.1, 0.15) is 0 Å². The highest BCUT2D eigenvalue weighted by atomic mass is 16.7. The molecule has 1 N–H and O–H groups in total. The van der Waals surface area contributed by atoms with Crippen molar-refractivity contribution < 1.29 is 38.3 Å². The Balaban J connectivity index is 1.58. The van der Waals surface area contributed by atoms with Crippen LogP contribution >= 0.6 is 0 Å². The summed E-state index contributed by atoms with van der Waals surface area (Å²) in [6.07, 6.45) is 0.710. The summed E-state index contributed by atoms with van der Waals surface area (Å²) >= 11 is 0. The molecule has 36 heavy (non-hydrogen) atoms. The number of likely N-dealkylation sites (tertiary alicyclic amines) is 1. The smallest absolute Gasteiger partial charge is 0.457 e. The molecule has 0 radical (unpaired) electrons. The second kappa shape index (κ2) is 9.19. The summed E-state index contributed by atoms with van der Waals surface area (Å²) in [5, 5.41) is 9.99. The number of hydrogen-bond acceptors (Lipinski definition) is 7. The third-order valence-corrected chi connectivity index (χ3v) is 8.20. The maximum atomic E-state index is 13.3. The van der Waals surface area contributed by atoms with Crippen molar-refractivity contribution in [3.05, 3.63) is 35.4 Å². The van der Waals surface area contributed by atoms with Crippen LogP contribution in [0.2, 0.25) is 6.32 Å². The van der Waals surface area contributed by atoms with E-state index >= 15 is 0 Å². The maximum Gasteiger partial charge on any atom is 0.457 e. The highest BCUT2D eigenvalue weighted by Crippen LogP contribution is 2.43. The van der Waals surface area contributed by atoms with E-state index in [9.17, 15) is 24.3 Å². The fraction of sp³-hybridized carbons (Fsp3) is 0.600. The van der Waals surface area contributed by atoms with E-state index in [2.05, 4.69) is 0 Å². The first-order valence-corrected chi connectivity index (χ1v) is 12.3. The first-order valence-electron chi connectivity index (χ1n) is 12.3. The molecule has 0 saturated carbocycles. The number of amides is 3. The number of hydrogen-bond donors (Lipinski definition) is 1. The molecule has 2 saturated heterocycles. The highest BCUT2D eigenvalue weighted by Gasteiger charge is 2.60. The summed E-state index contributed by atoms with van der Waals surface area (Å²) in [5.74, 6) is -2.34. The second-order valence-electron chi connectivity index (χ2n) is 10.7. The number of esters is 1. The Morgan fingerprint density at radius 2 is 1.64 bits per heavy atom. The van der Waals surface area contributed by atoms with Crippen LogP contribution in [-0.2, 0) is 18.8 Å². The number of methoxy groups -OCH3 is 1. The Kier molecular flexibility index (Phi) is 6.68. The van der Waals surface area contributed by atoms with Crippen molar-refractivity contribution in [1.29, 1.82) is 0 Å². The van der Waals surface area contributed by atoms with Crippen molar-refractivity contribution in [1.82, 2.24) is 9.80 Å². The zero-order valence-electron chi connectivity index (χ0n) is 21.4. The van der Waals surface area contributed by atoms with E-state index in [1.54, 1.807) is 24.3 Å². The van der Waals surface area contributed by atoms with Crippen molar-refractivity contribution in [3.63, 3.8) is 0 Å². The number of fused-ring (bicyclic) bond motifs is 1. The van der Waals surface area contributed by atoms with Crippen LogP contribution in [0.15, 0.2) is 24.3 Å². The number of rotatable bonds is 7. The summed E-state index contributed by atoms with van der Waals surface area (Å²) in [6.45, 7) is 7.57. The van der Waals surface area contributed by atoms with Gasteiger partial charge >= 0.3 is 19.2 Å². The topological polar surface area (TPSA) is 123 Å². The van der Waals surface area contributed by atoms with Gasteiger partial charge in [0, 0.05) is 6.54 Å². The standard InChI is InChI=1S/C25H33BN2O8/c1-23(2)24(3,4)36-26(35-23)13-8-9-16-12-14-28(22(32)33)25(16,21(31)34-5)15-27-19(29)17-10-6-7-11-18(17)20(27)30/h6-7,10-11,16H,8-9,12-15H2,1-5H3,(H,32,33). The Morgan fingerprint density at radius 3 is 2.14 bits per heavy atom. The molecule has 0 bridgehead atoms. The molecular weight excluding hydrogens is 467 g/mol. The van der Waals surface area contributed by atoms with Gasteiger partial charge in [-0.3, -0.25) is 19.4 Å². The number of carbonyl (C=O) groups excluding carboxylic acids is 3. The first kappa shape index (κ1) is 26.2. The van der Waals surface area contributed by atoms with Gasteiger partial charge < -0.3 is 19.2 Å². The molecule has 0 aromatic heterocycles. The number of imide groups is 1. The van der Waals surface area contributed by atoms with Gasteiger partial charge in [-0.1, -0.05) is 18.6 Å². The third kappa shape index (κ3) is 4.08. The average Bonchev–Trinajstić information content (AvgIpc) is 3.37. The van der Waals surface area contributed by atoms with Gasteiger partial charge in [-0.15, -0.1) is 0 Å². The van der Waals surface area contributed by atoms with Crippen LogP contribution in [0.25, 0.3) is 0 Å². The fourth-order valence-electron chi connectivity index (χ4n) is 5.56. The van der Waals surface area contributed by atoms with E-state index in [0.29, 0.717) is 25.6 Å². The molecule has 3 aliphatic rings. The molecule has 3 amide bonds. The van der Waals surface area contributed by atoms with E-state index in [-0.39, 0.29) is 17.7 Å². The van der Waals surface area contributed by atoms with Crippen LogP contribution in [0.1, 0.15) is 67.7 Å². The minimum absolute atomic E-state index is 0.0920. The molecule has 194 valence electrons. The molecule has 2 atom stereocenters. The number of nitrogens with zero attached hydrogens (tertiary/aromatic N) is 2. The number of benzene rings is 1. The first-order chi connectivity index (χ1) is 16.9. The van der Waals surface area contributed by atoms with Gasteiger partial charge in [0.25, 0.3) is 11.8 Å². The quantitative estimate of drug-likeness (QED) is 0.344. The average molecular weight is 500 g/mol. The van der Waals surface area contributed by atoms with Crippen molar-refractivity contribution in [2.24, 2.45) is 5.92 Å². The lowest BCUT2D eigenvalue weighted by molar-refractivity contribution is -0.155. The van der Waals surface area contributed by atoms with E-state index in [1.807, 2.05) is 27.7 Å². The molecule has 0 aliphatic carbocycles. The third-order valence-electron chi connectivity index (χ3n) is 8.20. The Hall–Kier alpha value is -2.92.